The summed E-state index contributed by atoms with van der Waals surface area (Å²) < 4.78 is 6.05. The zero-order valence-corrected chi connectivity index (χ0v) is 17.7. The van der Waals surface area contributed by atoms with Gasteiger partial charge in [0.25, 0.3) is 0 Å². The van der Waals surface area contributed by atoms with E-state index < -0.39 is 0 Å². The molecule has 2 atom stereocenters. The molecule has 146 valence electrons. The van der Waals surface area contributed by atoms with E-state index in [0.29, 0.717) is 5.54 Å². The molecular weight excluding hydrogens is 308 g/mol. The van der Waals surface area contributed by atoms with E-state index in [0.717, 1.165) is 30.3 Å². The van der Waals surface area contributed by atoms with Crippen molar-refractivity contribution in [1.82, 2.24) is 9.80 Å². The van der Waals surface area contributed by atoms with Crippen molar-refractivity contribution in [2.24, 2.45) is 23.7 Å². The van der Waals surface area contributed by atoms with E-state index in [-0.39, 0.29) is 5.60 Å². The summed E-state index contributed by atoms with van der Waals surface area (Å²) in [5, 5.41) is 0. The van der Waals surface area contributed by atoms with Gasteiger partial charge < -0.3 is 9.64 Å². The number of piperazine rings is 1. The van der Waals surface area contributed by atoms with Gasteiger partial charge in [-0.05, 0) is 90.9 Å². The second-order valence-corrected chi connectivity index (χ2v) is 11.1. The summed E-state index contributed by atoms with van der Waals surface area (Å²) in [6.45, 7) is 20.9. The number of nitrogens with zero attached hydrogens (tertiary/aromatic N) is 2. The number of fused-ring (bicyclic) bond motifs is 1. The average molecular weight is 351 g/mol. The second-order valence-electron chi connectivity index (χ2n) is 11.1. The Balaban J connectivity index is 1.37. The van der Waals surface area contributed by atoms with Gasteiger partial charge in [0.15, 0.2) is 0 Å². The Morgan fingerprint density at radius 3 is 1.76 bits per heavy atom. The largest absolute Gasteiger partial charge is 0.376 e. The molecule has 0 aromatic heterocycles. The maximum atomic E-state index is 6.05. The first-order valence-electron chi connectivity index (χ1n) is 10.7. The van der Waals surface area contributed by atoms with Crippen molar-refractivity contribution in [2.75, 3.05) is 39.3 Å². The molecular formula is C22H42N2O. The minimum absolute atomic E-state index is 0.0232. The Hall–Kier alpha value is -0.120. The molecule has 2 unspecified atom stereocenters. The second kappa shape index (κ2) is 7.48. The number of hydrogen-bond acceptors (Lipinski definition) is 3. The first-order chi connectivity index (χ1) is 11.6. The zero-order chi connectivity index (χ0) is 18.2. The van der Waals surface area contributed by atoms with Crippen molar-refractivity contribution >= 4 is 0 Å². The van der Waals surface area contributed by atoms with E-state index >= 15 is 0 Å². The van der Waals surface area contributed by atoms with Crippen molar-refractivity contribution < 1.29 is 4.74 Å². The first kappa shape index (κ1) is 19.6. The van der Waals surface area contributed by atoms with E-state index in [4.69, 9.17) is 4.74 Å². The van der Waals surface area contributed by atoms with Crippen LogP contribution >= 0.6 is 0 Å². The maximum Gasteiger partial charge on any atom is 0.0598 e. The molecule has 0 aromatic rings. The van der Waals surface area contributed by atoms with Gasteiger partial charge in [0.05, 0.1) is 12.2 Å². The highest BCUT2D eigenvalue weighted by atomic mass is 16.5. The number of rotatable bonds is 4. The van der Waals surface area contributed by atoms with Crippen molar-refractivity contribution in [3.63, 3.8) is 0 Å². The zero-order valence-electron chi connectivity index (χ0n) is 17.7. The van der Waals surface area contributed by atoms with Gasteiger partial charge in [-0.2, -0.15) is 0 Å². The van der Waals surface area contributed by atoms with Crippen LogP contribution in [0.4, 0.5) is 0 Å². The van der Waals surface area contributed by atoms with Gasteiger partial charge in [0.2, 0.25) is 0 Å². The highest BCUT2D eigenvalue weighted by Gasteiger charge is 2.42. The molecule has 1 aliphatic heterocycles. The van der Waals surface area contributed by atoms with Gasteiger partial charge >= 0.3 is 0 Å². The molecule has 1 heterocycles. The van der Waals surface area contributed by atoms with E-state index in [9.17, 15) is 0 Å². The SMILES string of the molecule is CC(C)(C)OCC1CC2CC(CN3CCN(C(C)(C)C)CC3)CC2C1. The minimum Gasteiger partial charge on any atom is -0.376 e. The smallest absolute Gasteiger partial charge is 0.0598 e. The number of ether oxygens (including phenoxy) is 1. The summed E-state index contributed by atoms with van der Waals surface area (Å²) in [5.41, 5.74) is 0.357. The van der Waals surface area contributed by atoms with Crippen LogP contribution in [-0.2, 0) is 4.74 Å². The lowest BCUT2D eigenvalue weighted by Crippen LogP contribution is -2.53. The van der Waals surface area contributed by atoms with Crippen LogP contribution in [0.1, 0.15) is 67.2 Å². The van der Waals surface area contributed by atoms with Crippen LogP contribution in [0.3, 0.4) is 0 Å². The fraction of sp³-hybridized carbons (Fsp3) is 1.00. The summed E-state index contributed by atoms with van der Waals surface area (Å²) in [4.78, 5) is 5.39. The quantitative estimate of drug-likeness (QED) is 0.753. The molecule has 0 radical (unpaired) electrons. The molecule has 2 saturated carbocycles. The van der Waals surface area contributed by atoms with Crippen LogP contribution in [0.2, 0.25) is 0 Å². The molecule has 0 aromatic carbocycles. The van der Waals surface area contributed by atoms with E-state index in [2.05, 4.69) is 51.3 Å². The van der Waals surface area contributed by atoms with Crippen LogP contribution in [0.15, 0.2) is 0 Å². The van der Waals surface area contributed by atoms with Gasteiger partial charge in [-0.1, -0.05) is 0 Å². The topological polar surface area (TPSA) is 15.7 Å². The summed E-state index contributed by atoms with van der Waals surface area (Å²) in [6.07, 6.45) is 5.82. The monoisotopic (exact) mass is 350 g/mol. The molecule has 2 aliphatic carbocycles. The van der Waals surface area contributed by atoms with Gasteiger partial charge in [0.1, 0.15) is 0 Å². The molecule has 0 spiro atoms. The molecule has 0 N–H and O–H groups in total. The molecule has 1 saturated heterocycles. The van der Waals surface area contributed by atoms with Crippen LogP contribution < -0.4 is 0 Å². The summed E-state index contributed by atoms with van der Waals surface area (Å²) >= 11 is 0. The van der Waals surface area contributed by atoms with Crippen molar-refractivity contribution in [1.29, 1.82) is 0 Å². The minimum atomic E-state index is 0.0232. The highest BCUT2D eigenvalue weighted by Crippen LogP contribution is 2.49. The summed E-state index contributed by atoms with van der Waals surface area (Å²) in [5.74, 6) is 3.77. The molecule has 0 amide bonds. The maximum absolute atomic E-state index is 6.05. The molecule has 3 fully saturated rings. The molecule has 0 bridgehead atoms. The predicted octanol–water partition coefficient (Wildman–Crippen LogP) is 4.27. The van der Waals surface area contributed by atoms with E-state index in [1.54, 1.807) is 0 Å². The summed E-state index contributed by atoms with van der Waals surface area (Å²) in [6, 6.07) is 0. The van der Waals surface area contributed by atoms with Crippen molar-refractivity contribution in [2.45, 2.75) is 78.4 Å². The Morgan fingerprint density at radius 1 is 0.760 bits per heavy atom. The molecule has 3 aliphatic rings. The Labute approximate surface area is 156 Å². The normalized spacial score (nSPS) is 35.3. The summed E-state index contributed by atoms with van der Waals surface area (Å²) in [7, 11) is 0. The van der Waals surface area contributed by atoms with Crippen LogP contribution in [-0.4, -0.2) is 60.3 Å². The van der Waals surface area contributed by atoms with Crippen molar-refractivity contribution in [3.8, 4) is 0 Å². The molecule has 3 heteroatoms. The van der Waals surface area contributed by atoms with Crippen LogP contribution in [0, 0.1) is 23.7 Å². The third kappa shape index (κ3) is 5.43. The van der Waals surface area contributed by atoms with E-state index in [1.807, 2.05) is 0 Å². The van der Waals surface area contributed by atoms with Crippen molar-refractivity contribution in [3.05, 3.63) is 0 Å². The Bertz CT molecular complexity index is 414. The Kier molecular flexibility index (Phi) is 5.88. The van der Waals surface area contributed by atoms with Gasteiger partial charge in [0, 0.05) is 38.3 Å². The first-order valence-corrected chi connectivity index (χ1v) is 10.7. The van der Waals surface area contributed by atoms with Crippen LogP contribution in [0.5, 0.6) is 0 Å². The van der Waals surface area contributed by atoms with E-state index in [1.165, 1.54) is 58.4 Å². The molecule has 3 nitrogen and oxygen atoms in total. The third-order valence-electron chi connectivity index (χ3n) is 6.80. The molecule has 3 rings (SSSR count). The highest BCUT2D eigenvalue weighted by molar-refractivity contribution is 4.93. The predicted molar refractivity (Wildman–Crippen MR) is 106 cm³/mol. The Morgan fingerprint density at radius 2 is 1.28 bits per heavy atom. The fourth-order valence-electron chi connectivity index (χ4n) is 5.49. The lowest BCUT2D eigenvalue weighted by molar-refractivity contribution is -0.0226. The fourth-order valence-corrected chi connectivity index (χ4v) is 5.49. The standard InChI is InChI=1S/C22H42N2O/c1-21(2,3)24-9-7-23(8-10-24)15-17-11-19-13-18(14-20(19)12-17)16-25-22(4,5)6/h17-20H,7-16H2,1-6H3. The van der Waals surface area contributed by atoms with Gasteiger partial charge in [-0.25, -0.2) is 0 Å². The van der Waals surface area contributed by atoms with Crippen LogP contribution in [0.25, 0.3) is 0 Å². The number of hydrogen-bond donors (Lipinski definition) is 0. The third-order valence-corrected chi connectivity index (χ3v) is 6.80. The lowest BCUT2D eigenvalue weighted by Gasteiger charge is -2.42. The van der Waals surface area contributed by atoms with Gasteiger partial charge in [-0.3, -0.25) is 4.90 Å². The lowest BCUT2D eigenvalue weighted by atomic mass is 9.97. The molecule has 25 heavy (non-hydrogen) atoms. The average Bonchev–Trinajstić information content (AvgIpc) is 3.02. The van der Waals surface area contributed by atoms with Gasteiger partial charge in [-0.15, -0.1) is 0 Å².